The molecule has 1 amide bonds. The van der Waals surface area contributed by atoms with E-state index in [0.717, 1.165) is 35.7 Å². The third-order valence-electron chi connectivity index (χ3n) is 3.42. The predicted octanol–water partition coefficient (Wildman–Crippen LogP) is 3.34. The van der Waals surface area contributed by atoms with E-state index in [9.17, 15) is 4.79 Å². The van der Waals surface area contributed by atoms with Gasteiger partial charge < -0.3 is 10.6 Å². The number of halogens is 1. The topological polar surface area (TPSA) is 53.5 Å². The van der Waals surface area contributed by atoms with Crippen LogP contribution >= 0.6 is 11.6 Å². The van der Waals surface area contributed by atoms with Crippen molar-refractivity contribution in [3.63, 3.8) is 0 Å². The maximum Gasteiger partial charge on any atom is 0.248 e. The monoisotopic (exact) mass is 325 g/mol. The molecule has 0 aromatic heterocycles. The molecule has 0 unspecified atom stereocenters. The molecule has 0 atom stereocenters. The van der Waals surface area contributed by atoms with Crippen molar-refractivity contribution in [3.05, 3.63) is 70.8 Å². The van der Waals surface area contributed by atoms with Crippen molar-refractivity contribution in [3.8, 4) is 0 Å². The van der Waals surface area contributed by atoms with Gasteiger partial charge in [-0.2, -0.15) is 0 Å². The van der Waals surface area contributed by atoms with E-state index in [2.05, 4.69) is 15.6 Å². The second-order valence-electron chi connectivity index (χ2n) is 5.08. The van der Waals surface area contributed by atoms with Gasteiger partial charge in [0.25, 0.3) is 0 Å². The minimum absolute atomic E-state index is 0.200. The minimum Gasteiger partial charge on any atom is -0.368 e. The van der Waals surface area contributed by atoms with E-state index in [-0.39, 0.29) is 5.91 Å². The Kier molecular flexibility index (Phi) is 4.74. The van der Waals surface area contributed by atoms with E-state index in [1.165, 1.54) is 6.08 Å². The van der Waals surface area contributed by atoms with Crippen LogP contribution in [0.4, 0.5) is 5.69 Å². The molecule has 0 bridgehead atoms. The van der Waals surface area contributed by atoms with Crippen molar-refractivity contribution in [1.82, 2.24) is 5.32 Å². The Morgan fingerprint density at radius 1 is 1.17 bits per heavy atom. The van der Waals surface area contributed by atoms with Crippen LogP contribution in [0.3, 0.4) is 0 Å². The molecule has 0 saturated carbocycles. The summed E-state index contributed by atoms with van der Waals surface area (Å²) in [4.78, 5) is 16.3. The van der Waals surface area contributed by atoms with Crippen LogP contribution in [0.2, 0.25) is 5.02 Å². The van der Waals surface area contributed by atoms with E-state index in [1.807, 2.05) is 42.5 Å². The van der Waals surface area contributed by atoms with E-state index in [1.54, 1.807) is 12.1 Å². The molecule has 4 nitrogen and oxygen atoms in total. The van der Waals surface area contributed by atoms with E-state index >= 15 is 0 Å². The molecular weight excluding hydrogens is 310 g/mol. The van der Waals surface area contributed by atoms with Gasteiger partial charge >= 0.3 is 0 Å². The molecular formula is C18H16ClN3O. The third-order valence-corrected chi connectivity index (χ3v) is 3.76. The van der Waals surface area contributed by atoms with E-state index < -0.39 is 0 Å². The van der Waals surface area contributed by atoms with Gasteiger partial charge in [-0.1, -0.05) is 29.8 Å². The highest BCUT2D eigenvalue weighted by molar-refractivity contribution is 6.32. The molecule has 1 heterocycles. The Morgan fingerprint density at radius 2 is 1.96 bits per heavy atom. The van der Waals surface area contributed by atoms with E-state index in [0.29, 0.717) is 5.02 Å². The standard InChI is InChI=1S/C18H16ClN3O/c19-16-4-2-1-3-13(16)7-10-17(23)22-15-8-5-14(6-9-15)18-20-11-12-21-18/h1-10H,11-12H2,(H,20,21)(H,22,23). The highest BCUT2D eigenvalue weighted by Crippen LogP contribution is 2.16. The lowest BCUT2D eigenvalue weighted by Crippen LogP contribution is -2.19. The molecule has 116 valence electrons. The van der Waals surface area contributed by atoms with Crippen molar-refractivity contribution >= 4 is 35.1 Å². The van der Waals surface area contributed by atoms with Crippen molar-refractivity contribution in [1.29, 1.82) is 0 Å². The quantitative estimate of drug-likeness (QED) is 0.847. The second kappa shape index (κ2) is 7.11. The van der Waals surface area contributed by atoms with Crippen LogP contribution in [0.15, 0.2) is 59.6 Å². The molecule has 0 aliphatic carbocycles. The zero-order valence-electron chi connectivity index (χ0n) is 12.4. The first-order chi connectivity index (χ1) is 11.2. The first kappa shape index (κ1) is 15.3. The summed E-state index contributed by atoms with van der Waals surface area (Å²) >= 11 is 6.05. The average Bonchev–Trinajstić information content (AvgIpc) is 3.09. The van der Waals surface area contributed by atoms with Gasteiger partial charge in [0, 0.05) is 28.9 Å². The van der Waals surface area contributed by atoms with Gasteiger partial charge in [0.2, 0.25) is 5.91 Å². The van der Waals surface area contributed by atoms with Gasteiger partial charge in [0.15, 0.2) is 0 Å². The fourth-order valence-corrected chi connectivity index (χ4v) is 2.46. The van der Waals surface area contributed by atoms with Crippen LogP contribution < -0.4 is 10.6 Å². The summed E-state index contributed by atoms with van der Waals surface area (Å²) in [6.45, 7) is 1.68. The summed E-state index contributed by atoms with van der Waals surface area (Å²) in [7, 11) is 0. The highest BCUT2D eigenvalue weighted by atomic mass is 35.5. The van der Waals surface area contributed by atoms with Crippen LogP contribution in [0.5, 0.6) is 0 Å². The first-order valence-corrected chi connectivity index (χ1v) is 7.72. The number of amidine groups is 1. The van der Waals surface area contributed by atoms with Gasteiger partial charge in [0.1, 0.15) is 5.84 Å². The first-order valence-electron chi connectivity index (χ1n) is 7.35. The van der Waals surface area contributed by atoms with Crippen LogP contribution in [0.1, 0.15) is 11.1 Å². The van der Waals surface area contributed by atoms with Crippen molar-refractivity contribution in [2.45, 2.75) is 0 Å². The van der Waals surface area contributed by atoms with Gasteiger partial charge in [-0.05, 0) is 42.0 Å². The lowest BCUT2D eigenvalue weighted by atomic mass is 10.2. The number of carbonyl (C=O) groups is 1. The lowest BCUT2D eigenvalue weighted by Gasteiger charge is -2.05. The fraction of sp³-hybridized carbons (Fsp3) is 0.111. The SMILES string of the molecule is O=C(C=Cc1ccccc1Cl)Nc1ccc(C2=NCCN2)cc1. The van der Waals surface area contributed by atoms with Gasteiger partial charge in [0.05, 0.1) is 6.54 Å². The summed E-state index contributed by atoms with van der Waals surface area (Å²) in [6, 6.07) is 15.0. The maximum atomic E-state index is 12.0. The number of amides is 1. The number of anilines is 1. The largest absolute Gasteiger partial charge is 0.368 e. The number of hydrogen-bond acceptors (Lipinski definition) is 3. The molecule has 23 heavy (non-hydrogen) atoms. The molecule has 2 N–H and O–H groups in total. The highest BCUT2D eigenvalue weighted by Gasteiger charge is 2.07. The number of aliphatic imine (C=N–C) groups is 1. The van der Waals surface area contributed by atoms with E-state index in [4.69, 9.17) is 11.6 Å². The molecule has 5 heteroatoms. The van der Waals surface area contributed by atoms with Crippen LogP contribution in [0.25, 0.3) is 6.08 Å². The number of hydrogen-bond donors (Lipinski definition) is 2. The van der Waals surface area contributed by atoms with Crippen LogP contribution in [0, 0.1) is 0 Å². The number of carbonyl (C=O) groups excluding carboxylic acids is 1. The number of benzene rings is 2. The lowest BCUT2D eigenvalue weighted by molar-refractivity contribution is -0.111. The average molecular weight is 326 g/mol. The normalized spacial score (nSPS) is 13.7. The Morgan fingerprint density at radius 3 is 2.65 bits per heavy atom. The molecule has 1 aliphatic rings. The Bertz CT molecular complexity index is 766. The Labute approximate surface area is 139 Å². The molecule has 0 fully saturated rings. The zero-order valence-corrected chi connectivity index (χ0v) is 13.2. The number of rotatable bonds is 4. The van der Waals surface area contributed by atoms with Gasteiger partial charge in [-0.25, -0.2) is 0 Å². The molecule has 0 radical (unpaired) electrons. The third kappa shape index (κ3) is 3.99. The summed E-state index contributed by atoms with van der Waals surface area (Å²) < 4.78 is 0. The summed E-state index contributed by atoms with van der Waals surface area (Å²) in [5.74, 6) is 0.704. The van der Waals surface area contributed by atoms with Crippen LogP contribution in [-0.2, 0) is 4.79 Å². The maximum absolute atomic E-state index is 12.0. The van der Waals surface area contributed by atoms with Crippen molar-refractivity contribution in [2.24, 2.45) is 4.99 Å². The summed E-state index contributed by atoms with van der Waals surface area (Å²) in [6.07, 6.45) is 3.17. The number of nitrogens with zero attached hydrogens (tertiary/aromatic N) is 1. The smallest absolute Gasteiger partial charge is 0.248 e. The second-order valence-corrected chi connectivity index (χ2v) is 5.49. The molecule has 1 aliphatic heterocycles. The fourth-order valence-electron chi connectivity index (χ4n) is 2.26. The van der Waals surface area contributed by atoms with Gasteiger partial charge in [-0.3, -0.25) is 9.79 Å². The molecule has 2 aromatic rings. The minimum atomic E-state index is -0.200. The predicted molar refractivity (Wildman–Crippen MR) is 95.0 cm³/mol. The molecule has 0 saturated heterocycles. The van der Waals surface area contributed by atoms with Crippen LogP contribution in [-0.4, -0.2) is 24.8 Å². The van der Waals surface area contributed by atoms with Gasteiger partial charge in [-0.15, -0.1) is 0 Å². The molecule has 3 rings (SSSR count). The van der Waals surface area contributed by atoms with Crippen molar-refractivity contribution in [2.75, 3.05) is 18.4 Å². The number of nitrogens with one attached hydrogen (secondary N) is 2. The molecule has 0 spiro atoms. The van der Waals surface area contributed by atoms with Crippen molar-refractivity contribution < 1.29 is 4.79 Å². The zero-order chi connectivity index (χ0) is 16.1. The molecule has 2 aromatic carbocycles. The summed E-state index contributed by atoms with van der Waals surface area (Å²) in [5.41, 5.74) is 2.57. The summed E-state index contributed by atoms with van der Waals surface area (Å²) in [5, 5.41) is 6.65. The Hall–Kier alpha value is -2.59. The Balaban J connectivity index is 1.62.